The maximum absolute atomic E-state index is 10.2. The SMILES string of the molecule is CCCCCCCCCCCC(=O)O.NC(=O)C1CC1. The molecule has 4 heteroatoms. The number of hydrogen-bond donors (Lipinski definition) is 2. The first-order valence-corrected chi connectivity index (χ1v) is 8.09. The molecule has 0 spiro atoms. The number of hydrogen-bond acceptors (Lipinski definition) is 2. The normalized spacial score (nSPS) is 13.4. The van der Waals surface area contributed by atoms with Crippen LogP contribution in [0.25, 0.3) is 0 Å². The Morgan fingerprint density at radius 3 is 1.70 bits per heavy atom. The molecule has 0 aromatic rings. The number of aliphatic carboxylic acids is 1. The zero-order valence-electron chi connectivity index (χ0n) is 12.9. The van der Waals surface area contributed by atoms with Crippen LogP contribution in [0.5, 0.6) is 0 Å². The van der Waals surface area contributed by atoms with Gasteiger partial charge < -0.3 is 10.8 Å². The average molecular weight is 285 g/mol. The Hall–Kier alpha value is -1.06. The lowest BCUT2D eigenvalue weighted by Gasteiger charge is -2.00. The molecule has 0 aliphatic heterocycles. The largest absolute Gasteiger partial charge is 0.481 e. The predicted octanol–water partition coefficient (Wildman–Crippen LogP) is 3.87. The van der Waals surface area contributed by atoms with Gasteiger partial charge in [-0.25, -0.2) is 0 Å². The summed E-state index contributed by atoms with van der Waals surface area (Å²) in [4.78, 5) is 20.2. The molecule has 0 aromatic heterocycles. The molecule has 0 heterocycles. The van der Waals surface area contributed by atoms with Gasteiger partial charge in [-0.2, -0.15) is 0 Å². The van der Waals surface area contributed by atoms with Crippen LogP contribution < -0.4 is 5.73 Å². The van der Waals surface area contributed by atoms with Crippen molar-refractivity contribution in [3.8, 4) is 0 Å². The monoisotopic (exact) mass is 285 g/mol. The number of carboxylic acid groups (broad SMARTS) is 1. The fourth-order valence-electron chi connectivity index (χ4n) is 1.95. The highest BCUT2D eigenvalue weighted by molar-refractivity contribution is 5.78. The van der Waals surface area contributed by atoms with Gasteiger partial charge in [-0.05, 0) is 19.3 Å². The fourth-order valence-corrected chi connectivity index (χ4v) is 1.95. The van der Waals surface area contributed by atoms with E-state index in [9.17, 15) is 9.59 Å². The van der Waals surface area contributed by atoms with E-state index in [1.165, 1.54) is 44.9 Å². The molecule has 0 atom stereocenters. The maximum atomic E-state index is 10.2. The van der Waals surface area contributed by atoms with Crippen molar-refractivity contribution < 1.29 is 14.7 Å². The van der Waals surface area contributed by atoms with Crippen molar-refractivity contribution in [2.75, 3.05) is 0 Å². The second kappa shape index (κ2) is 12.9. The number of amides is 1. The van der Waals surface area contributed by atoms with Crippen molar-refractivity contribution in [3.63, 3.8) is 0 Å². The summed E-state index contributed by atoms with van der Waals surface area (Å²) in [6.07, 6.45) is 13.5. The summed E-state index contributed by atoms with van der Waals surface area (Å²) in [6.45, 7) is 2.23. The van der Waals surface area contributed by atoms with Gasteiger partial charge in [0.1, 0.15) is 0 Å². The second-order valence-electron chi connectivity index (χ2n) is 5.65. The van der Waals surface area contributed by atoms with Crippen LogP contribution in [0.1, 0.15) is 84.0 Å². The van der Waals surface area contributed by atoms with Gasteiger partial charge >= 0.3 is 5.97 Å². The lowest BCUT2D eigenvalue weighted by molar-refractivity contribution is -0.137. The van der Waals surface area contributed by atoms with E-state index in [-0.39, 0.29) is 11.8 Å². The van der Waals surface area contributed by atoms with E-state index >= 15 is 0 Å². The number of carbonyl (C=O) groups is 2. The molecule has 1 aliphatic carbocycles. The molecule has 4 nitrogen and oxygen atoms in total. The first-order valence-electron chi connectivity index (χ1n) is 8.09. The standard InChI is InChI=1S/C12H24O2.C4H7NO/c1-2-3-4-5-6-7-8-9-10-11-12(13)14;5-4(6)3-1-2-3/h2-11H2,1H3,(H,13,14);3H,1-2H2,(H2,5,6). The molecule has 1 amide bonds. The van der Waals surface area contributed by atoms with Crippen molar-refractivity contribution in [3.05, 3.63) is 0 Å². The van der Waals surface area contributed by atoms with Crippen LogP contribution in [0.15, 0.2) is 0 Å². The summed E-state index contributed by atoms with van der Waals surface area (Å²) in [5.74, 6) is -0.548. The van der Waals surface area contributed by atoms with Gasteiger partial charge in [-0.15, -0.1) is 0 Å². The Bertz CT molecular complexity index is 262. The van der Waals surface area contributed by atoms with Crippen LogP contribution >= 0.6 is 0 Å². The molecule has 1 aliphatic rings. The minimum absolute atomic E-state index is 0.130. The second-order valence-corrected chi connectivity index (χ2v) is 5.65. The molecule has 118 valence electrons. The van der Waals surface area contributed by atoms with Crippen LogP contribution in [0, 0.1) is 5.92 Å². The smallest absolute Gasteiger partial charge is 0.303 e. The molecular formula is C16H31NO3. The van der Waals surface area contributed by atoms with Crippen LogP contribution in [0.3, 0.4) is 0 Å². The van der Waals surface area contributed by atoms with E-state index in [0.717, 1.165) is 25.7 Å². The summed E-state index contributed by atoms with van der Waals surface area (Å²) >= 11 is 0. The van der Waals surface area contributed by atoms with Crippen LogP contribution in [-0.4, -0.2) is 17.0 Å². The molecule has 0 saturated heterocycles. The van der Waals surface area contributed by atoms with Gasteiger partial charge in [-0.3, -0.25) is 9.59 Å². The van der Waals surface area contributed by atoms with Crippen molar-refractivity contribution in [2.24, 2.45) is 11.7 Å². The maximum Gasteiger partial charge on any atom is 0.303 e. The molecule has 1 saturated carbocycles. The van der Waals surface area contributed by atoms with Crippen molar-refractivity contribution >= 4 is 11.9 Å². The lowest BCUT2D eigenvalue weighted by Crippen LogP contribution is -2.11. The van der Waals surface area contributed by atoms with Crippen LogP contribution in [0.2, 0.25) is 0 Å². The Kier molecular flexibility index (Phi) is 12.3. The van der Waals surface area contributed by atoms with E-state index in [1.54, 1.807) is 0 Å². The average Bonchev–Trinajstić information content (AvgIpc) is 3.21. The van der Waals surface area contributed by atoms with Gasteiger partial charge in [0.15, 0.2) is 0 Å². The minimum atomic E-state index is -0.659. The van der Waals surface area contributed by atoms with Gasteiger partial charge in [0, 0.05) is 12.3 Å². The highest BCUT2D eigenvalue weighted by atomic mass is 16.4. The molecule has 1 fully saturated rings. The van der Waals surface area contributed by atoms with E-state index in [0.29, 0.717) is 6.42 Å². The lowest BCUT2D eigenvalue weighted by atomic mass is 10.1. The van der Waals surface area contributed by atoms with Crippen molar-refractivity contribution in [1.82, 2.24) is 0 Å². The Labute approximate surface area is 123 Å². The third kappa shape index (κ3) is 15.0. The van der Waals surface area contributed by atoms with E-state index in [4.69, 9.17) is 10.8 Å². The van der Waals surface area contributed by atoms with Gasteiger partial charge in [-0.1, -0.05) is 58.3 Å². The Balaban J connectivity index is 0.000000493. The van der Waals surface area contributed by atoms with Crippen molar-refractivity contribution in [2.45, 2.75) is 84.0 Å². The number of carbonyl (C=O) groups excluding carboxylic acids is 1. The van der Waals surface area contributed by atoms with Crippen LogP contribution in [0.4, 0.5) is 0 Å². The highest BCUT2D eigenvalue weighted by Gasteiger charge is 2.26. The molecule has 0 bridgehead atoms. The Morgan fingerprint density at radius 1 is 0.950 bits per heavy atom. The van der Waals surface area contributed by atoms with Gasteiger partial charge in [0.25, 0.3) is 0 Å². The zero-order chi connectivity index (χ0) is 15.2. The number of carboxylic acids is 1. The van der Waals surface area contributed by atoms with Gasteiger partial charge in [0.05, 0.1) is 0 Å². The number of rotatable bonds is 11. The number of unbranched alkanes of at least 4 members (excludes halogenated alkanes) is 8. The topological polar surface area (TPSA) is 80.4 Å². The third-order valence-corrected chi connectivity index (χ3v) is 3.47. The summed E-state index contributed by atoms with van der Waals surface area (Å²) in [5, 5.41) is 8.41. The third-order valence-electron chi connectivity index (χ3n) is 3.47. The molecular weight excluding hydrogens is 254 g/mol. The van der Waals surface area contributed by atoms with E-state index in [1.807, 2.05) is 0 Å². The minimum Gasteiger partial charge on any atom is -0.481 e. The van der Waals surface area contributed by atoms with Crippen molar-refractivity contribution in [1.29, 1.82) is 0 Å². The number of primary amides is 1. The van der Waals surface area contributed by atoms with Crippen LogP contribution in [-0.2, 0) is 9.59 Å². The number of nitrogens with two attached hydrogens (primary N) is 1. The molecule has 20 heavy (non-hydrogen) atoms. The van der Waals surface area contributed by atoms with E-state index in [2.05, 4.69) is 6.92 Å². The molecule has 0 radical (unpaired) electrons. The van der Waals surface area contributed by atoms with Gasteiger partial charge in [0.2, 0.25) is 5.91 Å². The summed E-state index contributed by atoms with van der Waals surface area (Å²) in [7, 11) is 0. The Morgan fingerprint density at radius 2 is 1.40 bits per heavy atom. The zero-order valence-corrected chi connectivity index (χ0v) is 12.9. The predicted molar refractivity (Wildman–Crippen MR) is 81.4 cm³/mol. The first-order chi connectivity index (χ1) is 9.57. The highest BCUT2D eigenvalue weighted by Crippen LogP contribution is 2.27. The molecule has 0 unspecified atom stereocenters. The molecule has 3 N–H and O–H groups in total. The summed E-state index contributed by atoms with van der Waals surface area (Å²) < 4.78 is 0. The summed E-state index contributed by atoms with van der Waals surface area (Å²) in [5.41, 5.74) is 4.86. The fraction of sp³-hybridized carbons (Fsp3) is 0.875. The first kappa shape index (κ1) is 18.9. The molecule has 1 rings (SSSR count). The quantitative estimate of drug-likeness (QED) is 0.565. The molecule has 0 aromatic carbocycles. The summed E-state index contributed by atoms with van der Waals surface area (Å²) in [6, 6.07) is 0. The van der Waals surface area contributed by atoms with E-state index < -0.39 is 5.97 Å².